The molecule has 3 rings (SSSR count). The van der Waals surface area contributed by atoms with E-state index in [9.17, 15) is 4.79 Å². The summed E-state index contributed by atoms with van der Waals surface area (Å²) in [5, 5.41) is 0. The van der Waals surface area contributed by atoms with Crippen molar-refractivity contribution in [3.63, 3.8) is 0 Å². The highest BCUT2D eigenvalue weighted by atomic mass is 32.2. The van der Waals surface area contributed by atoms with Crippen molar-refractivity contribution >= 4 is 34.9 Å². The maximum absolute atomic E-state index is 12.3. The van der Waals surface area contributed by atoms with E-state index < -0.39 is 0 Å². The molecule has 3 heteroatoms. The van der Waals surface area contributed by atoms with Crippen molar-refractivity contribution in [2.45, 2.75) is 20.8 Å². The number of allylic oxidation sites excluding steroid dienone is 2. The van der Waals surface area contributed by atoms with Gasteiger partial charge in [-0.1, -0.05) is 59.7 Å². The number of carbonyl (C=O) groups excluding carboxylic acids is 1. The molecule has 1 fully saturated rings. The minimum atomic E-state index is 0.133. The molecule has 0 bridgehead atoms. The monoisotopic (exact) mass is 366 g/mol. The zero-order valence-electron chi connectivity index (χ0n) is 14.8. The average Bonchev–Trinajstić information content (AvgIpc) is 3.12. The molecule has 128 valence electrons. The molecule has 0 aliphatic carbocycles. The molecule has 0 saturated carbocycles. The third kappa shape index (κ3) is 4.47. The van der Waals surface area contributed by atoms with E-state index in [-0.39, 0.29) is 5.78 Å². The van der Waals surface area contributed by atoms with Crippen molar-refractivity contribution in [1.29, 1.82) is 0 Å². The molecule has 2 aromatic carbocycles. The fraction of sp³-hybridized carbons (Fsp3) is 0.227. The Hall–Kier alpha value is -1.71. The van der Waals surface area contributed by atoms with Crippen LogP contribution in [0, 0.1) is 13.8 Å². The van der Waals surface area contributed by atoms with E-state index in [1.165, 1.54) is 11.1 Å². The van der Waals surface area contributed by atoms with Gasteiger partial charge in [0, 0.05) is 17.1 Å². The van der Waals surface area contributed by atoms with Crippen LogP contribution in [0.3, 0.4) is 0 Å². The summed E-state index contributed by atoms with van der Waals surface area (Å²) in [5.41, 5.74) is 6.69. The van der Waals surface area contributed by atoms with Gasteiger partial charge in [-0.05, 0) is 43.5 Å². The molecule has 0 N–H and O–H groups in total. The smallest absolute Gasteiger partial charge is 0.161 e. The Morgan fingerprint density at radius 3 is 1.68 bits per heavy atom. The van der Waals surface area contributed by atoms with Crippen molar-refractivity contribution in [2.24, 2.45) is 0 Å². The molecule has 1 aliphatic rings. The molecule has 0 spiro atoms. The first kappa shape index (κ1) is 18.1. The maximum atomic E-state index is 12.3. The second-order valence-electron chi connectivity index (χ2n) is 6.24. The van der Waals surface area contributed by atoms with Gasteiger partial charge >= 0.3 is 0 Å². The van der Waals surface area contributed by atoms with Crippen molar-refractivity contribution in [3.05, 3.63) is 86.7 Å². The van der Waals surface area contributed by atoms with Crippen LogP contribution in [0.1, 0.15) is 29.2 Å². The van der Waals surface area contributed by atoms with Gasteiger partial charge in [0.25, 0.3) is 0 Å². The second kappa shape index (κ2) is 8.11. The number of hydrogen-bond acceptors (Lipinski definition) is 3. The Morgan fingerprint density at radius 1 is 0.840 bits per heavy atom. The number of hydrogen-bond donors (Lipinski definition) is 0. The lowest BCUT2D eigenvalue weighted by Crippen LogP contribution is -1.98. The van der Waals surface area contributed by atoms with E-state index in [1.807, 2.05) is 0 Å². The molecule has 1 heterocycles. The summed E-state index contributed by atoms with van der Waals surface area (Å²) in [4.78, 5) is 12.3. The van der Waals surface area contributed by atoms with E-state index in [0.717, 1.165) is 38.0 Å². The number of benzene rings is 2. The lowest BCUT2D eigenvalue weighted by Gasteiger charge is -2.12. The topological polar surface area (TPSA) is 17.1 Å². The van der Waals surface area contributed by atoms with Crippen molar-refractivity contribution in [3.8, 4) is 0 Å². The van der Waals surface area contributed by atoms with Crippen LogP contribution in [0.25, 0.3) is 5.57 Å². The van der Waals surface area contributed by atoms with E-state index >= 15 is 0 Å². The quantitative estimate of drug-likeness (QED) is 0.616. The summed E-state index contributed by atoms with van der Waals surface area (Å²) in [6.07, 6.45) is 2.08. The Kier molecular flexibility index (Phi) is 5.87. The largest absolute Gasteiger partial charge is 0.294 e. The number of Topliss-reactive ketones (excluding diaryl/α,β-unsaturated/α-hetero) is 1. The molecule has 0 atom stereocenters. The number of rotatable bonds is 4. The fourth-order valence-electron chi connectivity index (χ4n) is 2.71. The summed E-state index contributed by atoms with van der Waals surface area (Å²) in [6.45, 7) is 5.85. The predicted molar refractivity (Wildman–Crippen MR) is 112 cm³/mol. The highest BCUT2D eigenvalue weighted by Gasteiger charge is 2.17. The molecule has 25 heavy (non-hydrogen) atoms. The van der Waals surface area contributed by atoms with E-state index in [2.05, 4.69) is 68.5 Å². The summed E-state index contributed by atoms with van der Waals surface area (Å²) in [5.74, 6) is 2.29. The first-order valence-corrected chi connectivity index (χ1v) is 10.4. The minimum Gasteiger partial charge on any atom is -0.294 e. The van der Waals surface area contributed by atoms with Gasteiger partial charge in [-0.3, -0.25) is 4.79 Å². The van der Waals surface area contributed by atoms with Crippen molar-refractivity contribution in [1.82, 2.24) is 0 Å². The van der Waals surface area contributed by atoms with Gasteiger partial charge < -0.3 is 0 Å². The summed E-state index contributed by atoms with van der Waals surface area (Å²) < 4.78 is 1.16. The van der Waals surface area contributed by atoms with E-state index in [1.54, 1.807) is 30.4 Å². The van der Waals surface area contributed by atoms with Gasteiger partial charge in [0.1, 0.15) is 0 Å². The zero-order chi connectivity index (χ0) is 17.8. The summed E-state index contributed by atoms with van der Waals surface area (Å²) >= 11 is 3.59. The molecule has 0 amide bonds. The SMILES string of the molecule is CC(=O)C(C=C(c1ccc(C)cc1)c1ccc(C)cc1)=C1SCCS1. The van der Waals surface area contributed by atoms with Gasteiger partial charge in [0.15, 0.2) is 5.78 Å². The number of aryl methyl sites for hydroxylation is 2. The lowest BCUT2D eigenvalue weighted by molar-refractivity contribution is -0.113. The van der Waals surface area contributed by atoms with Crippen LogP contribution in [0.2, 0.25) is 0 Å². The molecule has 0 aromatic heterocycles. The molecule has 0 radical (unpaired) electrons. The van der Waals surface area contributed by atoms with E-state index in [0.29, 0.717) is 0 Å². The highest BCUT2D eigenvalue weighted by Crippen LogP contribution is 2.40. The first-order valence-electron chi connectivity index (χ1n) is 8.41. The molecule has 1 nitrogen and oxygen atoms in total. The third-order valence-corrected chi connectivity index (χ3v) is 6.91. The Morgan fingerprint density at radius 2 is 1.28 bits per heavy atom. The molecule has 2 aromatic rings. The summed E-state index contributed by atoms with van der Waals surface area (Å²) in [7, 11) is 0. The average molecular weight is 367 g/mol. The Bertz CT molecular complexity index is 772. The second-order valence-corrected chi connectivity index (χ2v) is 8.71. The van der Waals surface area contributed by atoms with E-state index in [4.69, 9.17) is 0 Å². The van der Waals surface area contributed by atoms with Gasteiger partial charge in [-0.2, -0.15) is 0 Å². The van der Waals surface area contributed by atoms with Crippen LogP contribution < -0.4 is 0 Å². The minimum absolute atomic E-state index is 0.133. The van der Waals surface area contributed by atoms with Gasteiger partial charge in [-0.25, -0.2) is 0 Å². The Labute approximate surface area is 158 Å². The molecular formula is C22H22OS2. The van der Waals surface area contributed by atoms with Crippen LogP contribution in [0.4, 0.5) is 0 Å². The molecule has 1 aliphatic heterocycles. The fourth-order valence-corrected chi connectivity index (χ4v) is 5.30. The van der Waals surface area contributed by atoms with Crippen LogP contribution >= 0.6 is 23.5 Å². The number of carbonyl (C=O) groups is 1. The van der Waals surface area contributed by atoms with Crippen LogP contribution in [-0.2, 0) is 4.79 Å². The lowest BCUT2D eigenvalue weighted by atomic mass is 9.94. The highest BCUT2D eigenvalue weighted by molar-refractivity contribution is 8.25. The Balaban J connectivity index is 2.15. The summed E-state index contributed by atoms with van der Waals surface area (Å²) in [6, 6.07) is 17.0. The number of ketones is 1. The molecule has 1 saturated heterocycles. The zero-order valence-corrected chi connectivity index (χ0v) is 16.5. The van der Waals surface area contributed by atoms with Crippen molar-refractivity contribution in [2.75, 3.05) is 11.5 Å². The van der Waals surface area contributed by atoms with Crippen molar-refractivity contribution < 1.29 is 4.79 Å². The maximum Gasteiger partial charge on any atom is 0.161 e. The van der Waals surface area contributed by atoms with Crippen LogP contribution in [0.15, 0.2) is 64.4 Å². The third-order valence-electron chi connectivity index (χ3n) is 4.16. The molecular weight excluding hydrogens is 344 g/mol. The molecule has 0 unspecified atom stereocenters. The standard InChI is InChI=1S/C22H22OS2/c1-15-4-8-18(9-5-15)21(19-10-6-16(2)7-11-19)14-20(17(3)23)22-24-12-13-25-22/h4-11,14H,12-13H2,1-3H3. The van der Waals surface area contributed by atoms with Gasteiger partial charge in [0.05, 0.1) is 4.24 Å². The van der Waals surface area contributed by atoms with Gasteiger partial charge in [-0.15, -0.1) is 23.5 Å². The first-order chi connectivity index (χ1) is 12.0. The predicted octanol–water partition coefficient (Wildman–Crippen LogP) is 6.02. The van der Waals surface area contributed by atoms with Crippen LogP contribution in [0.5, 0.6) is 0 Å². The number of thioether (sulfide) groups is 2. The van der Waals surface area contributed by atoms with Crippen LogP contribution in [-0.4, -0.2) is 17.3 Å². The normalized spacial score (nSPS) is 13.6. The van der Waals surface area contributed by atoms with Gasteiger partial charge in [0.2, 0.25) is 0 Å².